The topological polar surface area (TPSA) is 13.0 Å². The van der Waals surface area contributed by atoms with Crippen molar-refractivity contribution >= 4 is 133 Å². The van der Waals surface area contributed by atoms with Crippen LogP contribution in [-0.4, -0.2) is 0 Å². The third kappa shape index (κ3) is 15.7. The second-order valence-corrected chi connectivity index (χ2v) is 34.6. The fourth-order valence-corrected chi connectivity index (χ4v) is 20.0. The molecule has 0 amide bonds. The zero-order chi connectivity index (χ0) is 112. The molecule has 24 aromatic carbocycles. The highest BCUT2D eigenvalue weighted by Gasteiger charge is 2.33. The van der Waals surface area contributed by atoms with Crippen LogP contribution in [0.25, 0.3) is 154 Å². The lowest BCUT2D eigenvalue weighted by molar-refractivity contribution is 0.629. The van der Waals surface area contributed by atoms with Crippen LogP contribution in [0.4, 0.5) is 85.8 Å². The van der Waals surface area contributed by atoms with Crippen LogP contribution in [0.5, 0.6) is 0 Å². The van der Waals surface area contributed by atoms with Gasteiger partial charge in [0.15, 0.2) is 0 Å². The van der Waals surface area contributed by atoms with Gasteiger partial charge in [-0.05, 0) is 281 Å². The minimum absolute atomic E-state index is 0.0680. The molecule has 140 heavy (non-hydrogen) atoms. The first-order chi connectivity index (χ1) is 77.1. The summed E-state index contributed by atoms with van der Waals surface area (Å²) in [5, 5.41) is 7.17. The summed E-state index contributed by atoms with van der Waals surface area (Å²) in [6.07, 6.45) is 0. The van der Waals surface area contributed by atoms with Crippen molar-refractivity contribution in [3.8, 4) is 89.0 Å². The summed E-state index contributed by atoms with van der Waals surface area (Å²) < 4.78 is 254. The zero-order valence-electron chi connectivity index (χ0n) is 95.9. The quantitative estimate of drug-likeness (QED) is 0.0557. The van der Waals surface area contributed by atoms with E-state index in [2.05, 4.69) is 0 Å². The number of anilines is 12. The van der Waals surface area contributed by atoms with Crippen LogP contribution in [-0.2, 0) is 0 Å². The molecule has 0 fully saturated rings. The summed E-state index contributed by atoms with van der Waals surface area (Å²) >= 11 is 0. The van der Waals surface area contributed by atoms with E-state index >= 15 is 17.6 Å². The van der Waals surface area contributed by atoms with E-state index in [4.69, 9.17) is 16.4 Å². The van der Waals surface area contributed by atoms with Gasteiger partial charge in [-0.3, -0.25) is 0 Å². The molecule has 0 aliphatic carbocycles. The average Bonchev–Trinajstić information content (AvgIpc) is 0.708. The van der Waals surface area contributed by atoms with E-state index < -0.39 is 144 Å². The van der Waals surface area contributed by atoms with Crippen molar-refractivity contribution in [3.63, 3.8) is 0 Å². The van der Waals surface area contributed by atoms with Crippen LogP contribution >= 0.6 is 0 Å². The molecule has 24 rings (SSSR count). The van der Waals surface area contributed by atoms with E-state index in [0.717, 1.165) is 44.5 Å². The van der Waals surface area contributed by atoms with Crippen molar-refractivity contribution in [3.05, 3.63) is 530 Å². The highest BCUT2D eigenvalue weighted by Crippen LogP contribution is 2.57. The molecule has 8 heteroatoms. The van der Waals surface area contributed by atoms with Gasteiger partial charge in [0.25, 0.3) is 0 Å². The molecule has 0 aromatic heterocycles. The molecular formula is C132H92F4N4. The van der Waals surface area contributed by atoms with Crippen molar-refractivity contribution in [1.29, 1.82) is 0 Å². The zero-order valence-corrected chi connectivity index (χ0v) is 75.9. The minimum atomic E-state index is -0.737. The third-order valence-electron chi connectivity index (χ3n) is 26.4. The number of halogens is 4. The number of aryl methyl sites for hydroxylation is 4. The molecule has 0 radical (unpaired) electrons. The summed E-state index contributed by atoms with van der Waals surface area (Å²) in [6.45, 7) is 7.69. The lowest BCUT2D eigenvalue weighted by Crippen LogP contribution is -2.15. The van der Waals surface area contributed by atoms with E-state index in [9.17, 15) is 11.0 Å². The van der Waals surface area contributed by atoms with Crippen LogP contribution in [0.2, 0.25) is 0 Å². The van der Waals surface area contributed by atoms with Crippen LogP contribution in [0, 0.1) is 51.0 Å². The molecular weight excluding hydrogens is 1720 g/mol. The van der Waals surface area contributed by atoms with Crippen molar-refractivity contribution in [2.75, 3.05) is 19.6 Å². The summed E-state index contributed by atoms with van der Waals surface area (Å²) in [6, 6.07) is 97.1. The molecule has 0 unspecified atom stereocenters. The van der Waals surface area contributed by atoms with E-state index in [1.165, 1.54) is 43.9 Å². The summed E-state index contributed by atoms with van der Waals surface area (Å²) in [7, 11) is 0. The molecule has 668 valence electrons. The number of nitrogens with zero attached hydrogens (tertiary/aromatic N) is 4. The van der Waals surface area contributed by atoms with Gasteiger partial charge in [0.1, 0.15) is 23.3 Å². The molecule has 0 atom stereocenters. The third-order valence-corrected chi connectivity index (χ3v) is 26.4. The first-order valence-corrected chi connectivity index (χ1v) is 45.8. The average molecular weight is 1830 g/mol. The Hall–Kier alpha value is -17.7. The molecule has 0 heterocycles. The van der Waals surface area contributed by atoms with Crippen molar-refractivity contribution in [1.82, 2.24) is 0 Å². The molecule has 4 nitrogen and oxygen atoms in total. The fourth-order valence-electron chi connectivity index (χ4n) is 20.0. The van der Waals surface area contributed by atoms with Gasteiger partial charge in [-0.1, -0.05) is 364 Å². The Kier molecular flexibility index (Phi) is 17.5. The number of benzene rings is 24. The Balaban J connectivity index is 0.000000173. The summed E-state index contributed by atoms with van der Waals surface area (Å²) in [5.74, 6) is -2.93. The Labute approximate surface area is 840 Å². The molecule has 0 aliphatic heterocycles. The van der Waals surface area contributed by atoms with Gasteiger partial charge in [0.05, 0.1) is 72.9 Å². The molecule has 0 saturated heterocycles. The van der Waals surface area contributed by atoms with Crippen molar-refractivity contribution in [2.24, 2.45) is 0 Å². The van der Waals surface area contributed by atoms with Gasteiger partial charge in [-0.15, -0.1) is 0 Å². The molecule has 0 N–H and O–H groups in total. The maximum atomic E-state index is 18.3. The van der Waals surface area contributed by atoms with E-state index in [0.29, 0.717) is 131 Å². The van der Waals surface area contributed by atoms with Crippen LogP contribution in [0.15, 0.2) is 485 Å². The van der Waals surface area contributed by atoms with Gasteiger partial charge >= 0.3 is 0 Å². The summed E-state index contributed by atoms with van der Waals surface area (Å²) in [5.41, 5.74) is 12.2. The largest absolute Gasteiger partial charge is 0.307 e. The van der Waals surface area contributed by atoms with Crippen molar-refractivity contribution < 1.29 is 45.0 Å². The molecule has 0 aliphatic rings. The van der Waals surface area contributed by atoms with E-state index in [1.54, 1.807) is 24.3 Å². The van der Waals surface area contributed by atoms with Gasteiger partial charge in [0.2, 0.25) is 0 Å². The summed E-state index contributed by atoms with van der Waals surface area (Å²) in [4.78, 5) is 5.69. The number of hydrogen-bond donors (Lipinski definition) is 0. The Morgan fingerprint density at radius 1 is 0.179 bits per heavy atom. The Bertz CT molecular complexity index is 9450. The Morgan fingerprint density at radius 3 is 0.657 bits per heavy atom. The monoisotopic (exact) mass is 1830 g/mol. The maximum absolute atomic E-state index is 18.3. The lowest BCUT2D eigenvalue weighted by atomic mass is 9.90. The van der Waals surface area contributed by atoms with Gasteiger partial charge in [0, 0.05) is 66.5 Å². The van der Waals surface area contributed by atoms with Crippen LogP contribution in [0.1, 0.15) is 49.7 Å². The van der Waals surface area contributed by atoms with Gasteiger partial charge in [-0.25, -0.2) is 17.6 Å². The van der Waals surface area contributed by atoms with Crippen LogP contribution in [0.3, 0.4) is 0 Å². The highest BCUT2D eigenvalue weighted by molar-refractivity contribution is 6.30. The maximum Gasteiger partial charge on any atom is 0.148 e. The normalized spacial score (nSPS) is 13.4. The SMILES string of the molecule is [2H]c1c([2H])c([2H])c(N(c2c(F)cc(-c3ccccc3)cc2-c2ccccc2)c2ccc3ccc4c(N(c5c(F)cc(-c6ccccc6)cc5-c5ccccc5)c5c([2H])c([2H])c([2H])c([2H])c5[2H])ccc5ccc2c3c54)c([2H])c1[2H].[2H]c1c([2H])c([2H])c(N(c2c(F)cc(-c3ccccc3C)cc2-c2ccccc2C)c2ccc3ccc4c(N(c5c(F)cc(-c6ccccc6C)cc5-c5ccccc5C)c5c([2H])c([2H])c([2H])c([2H])c5[2H])ccc5ccc2c3c54)c([2H])c1[2H]. The van der Waals surface area contributed by atoms with E-state index in [-0.39, 0.29) is 68.2 Å². The van der Waals surface area contributed by atoms with Crippen LogP contribution < -0.4 is 19.6 Å². The first kappa shape index (κ1) is 66.6. The minimum Gasteiger partial charge on any atom is -0.307 e. The predicted molar refractivity (Wildman–Crippen MR) is 581 cm³/mol. The highest BCUT2D eigenvalue weighted by atomic mass is 19.1. The van der Waals surface area contributed by atoms with Gasteiger partial charge < -0.3 is 19.6 Å². The molecule has 24 aromatic rings. The standard InChI is InChI=1S/C68H50F2N2.C64H42F2N2/c1-43-19-11-15-27-53(43)49-39-59(55-29-17-13-21-45(55)3)67(61(69)41-49)71(51-23-7-5-8-24-51)63-37-33-47-32-36-58-64(38-34-48-31-35-57(63)65(47)66(48)58)72(52-25-9-6-10-26-52)68-60(56-30-18-14-22-46(56)4)40-50(42-62(68)70)54-28-16-12-20-44(54)2;65-57-41-49(43-19-7-1-8-20-43)39-55(45-23-11-3-12-24-45)63(57)67(51-27-15-5-16-28-51)59-37-33-47-32-36-54-60(38-34-48-31-35-53(59)61(47)62(48)54)68(52-29-17-6-18-30-52)64-56(46-25-13-4-14-26-46)40-50(42-58(64)66)44-21-9-2-10-22-44/h5-42H,1-4H3;1-42H/i5D,6D,7D,8D,9D,10D,23D,24D,25D,26D;5D,6D,15D,16D,17D,18D,27D,28D,29D,30D. The second kappa shape index (κ2) is 36.8. The molecule has 0 saturated carbocycles. The second-order valence-electron chi connectivity index (χ2n) is 34.6. The number of rotatable bonds is 20. The van der Waals surface area contributed by atoms with Crippen molar-refractivity contribution in [2.45, 2.75) is 27.7 Å². The predicted octanol–water partition coefficient (Wildman–Crippen LogP) is 38.2. The fraction of sp³-hybridized carbons (Fsp3) is 0.0303. The molecule has 0 bridgehead atoms. The number of hydrogen-bond acceptors (Lipinski definition) is 4. The van der Waals surface area contributed by atoms with Gasteiger partial charge in [-0.2, -0.15) is 0 Å². The Morgan fingerprint density at radius 2 is 0.393 bits per heavy atom. The first-order valence-electron chi connectivity index (χ1n) is 55.8. The van der Waals surface area contributed by atoms with E-state index in [1.807, 2.05) is 343 Å². The smallest absolute Gasteiger partial charge is 0.148 e. The lowest BCUT2D eigenvalue weighted by Gasteiger charge is -2.32. The molecule has 0 spiro atoms. The number of para-hydroxylation sites is 4.